The highest BCUT2D eigenvalue weighted by Gasteiger charge is 2.36. The zero-order chi connectivity index (χ0) is 32.1. The highest BCUT2D eigenvalue weighted by molar-refractivity contribution is 7.92. The van der Waals surface area contributed by atoms with Gasteiger partial charge in [0.15, 0.2) is 20.7 Å². The Kier molecular flexibility index (Phi) is 9.98. The van der Waals surface area contributed by atoms with E-state index in [1.165, 1.54) is 42.9 Å². The van der Waals surface area contributed by atoms with Crippen molar-refractivity contribution in [1.29, 1.82) is 0 Å². The zero-order valence-corrected chi connectivity index (χ0v) is 27.6. The number of rotatable bonds is 12. The molecule has 4 aromatic rings. The third-order valence-electron chi connectivity index (χ3n) is 7.19. The number of carbonyl (C=O) groups excluding carboxylic acids is 2. The van der Waals surface area contributed by atoms with E-state index >= 15 is 0 Å². The lowest BCUT2D eigenvalue weighted by atomic mass is 10.2. The minimum Gasteiger partial charge on any atom is -0.482 e. The molecule has 15 heteroatoms. The van der Waals surface area contributed by atoms with E-state index < -0.39 is 24.2 Å². The molecule has 0 aliphatic rings. The number of hydrogen-bond acceptors (Lipinski definition) is 8. The van der Waals surface area contributed by atoms with Crippen molar-refractivity contribution in [3.8, 4) is 5.75 Å². The molecule has 0 aliphatic heterocycles. The van der Waals surface area contributed by atoms with Crippen LogP contribution in [0, 0.1) is 0 Å². The maximum Gasteiger partial charge on any atom is 0.272 e. The average molecular weight is 659 g/mol. The normalized spacial score (nSPS) is 12.1. The number of fused-ring (bicyclic) bond motifs is 1. The first-order valence-electron chi connectivity index (χ1n) is 13.7. The molecule has 0 saturated heterocycles. The number of nitrogens with zero attached hydrogens (tertiary/aromatic N) is 2. The number of hydrogen-bond donors (Lipinski definition) is 4. The lowest BCUT2D eigenvalue weighted by Gasteiger charge is -2.36. The average Bonchev–Trinajstić information content (AvgIpc) is 3.37. The molecule has 0 bridgehead atoms. The number of aromatic amines is 1. The van der Waals surface area contributed by atoms with Crippen molar-refractivity contribution in [3.05, 3.63) is 71.8 Å². The molecule has 2 heterocycles. The van der Waals surface area contributed by atoms with Crippen LogP contribution in [0.25, 0.3) is 10.9 Å². The number of amides is 2. The number of halogens is 1. The van der Waals surface area contributed by atoms with E-state index in [-0.39, 0.29) is 44.7 Å². The number of ether oxygens (including phenoxy) is 1. The first-order chi connectivity index (χ1) is 20.6. The summed E-state index contributed by atoms with van der Waals surface area (Å²) in [5.41, 5.74) is 1.21. The lowest BCUT2D eigenvalue weighted by molar-refractivity contribution is -0.123. The number of H-pyrrole nitrogens is 1. The molecule has 4 N–H and O–H groups in total. The molecule has 2 aromatic carbocycles. The molecule has 4 rings (SSSR count). The summed E-state index contributed by atoms with van der Waals surface area (Å²) in [5.74, 6) is -0.391. The summed E-state index contributed by atoms with van der Waals surface area (Å²) in [6.45, 7) is 11.3. The van der Waals surface area contributed by atoms with Crippen LogP contribution in [0.1, 0.15) is 31.3 Å². The molecule has 0 atom stereocenters. The van der Waals surface area contributed by atoms with Crippen LogP contribution < -0.4 is 20.1 Å². The standard InChI is InChI=1S/C29H35ClN6O6SSi/c1-29(2,3)44(4,5)42-13-12-33-27(37)18-41-25-16-23-19(14-22(25)30)15-24(35-23)28(38)34-20-6-8-21(9-7-20)43(39,40)36-26-17-31-10-11-32-26/h6-11,14-17,35H,12-13,18H2,1-5H3,(H,32,36)(H,33,37)(H,34,38). The molecule has 0 spiro atoms. The Morgan fingerprint density at radius 3 is 2.45 bits per heavy atom. The summed E-state index contributed by atoms with van der Waals surface area (Å²) in [6.07, 6.45) is 4.09. The molecular formula is C29H35ClN6O6SSi. The Morgan fingerprint density at radius 1 is 1.07 bits per heavy atom. The largest absolute Gasteiger partial charge is 0.482 e. The number of anilines is 2. The van der Waals surface area contributed by atoms with Gasteiger partial charge >= 0.3 is 0 Å². The molecule has 234 valence electrons. The Morgan fingerprint density at radius 2 is 1.80 bits per heavy atom. The molecule has 2 aromatic heterocycles. The van der Waals surface area contributed by atoms with Gasteiger partial charge in [0.1, 0.15) is 11.4 Å². The molecule has 0 saturated carbocycles. The van der Waals surface area contributed by atoms with Crippen molar-refractivity contribution in [3.63, 3.8) is 0 Å². The Balaban J connectivity index is 1.32. The summed E-state index contributed by atoms with van der Waals surface area (Å²) in [6, 6.07) is 10.5. The second kappa shape index (κ2) is 13.3. The van der Waals surface area contributed by atoms with Gasteiger partial charge in [-0.2, -0.15) is 0 Å². The van der Waals surface area contributed by atoms with E-state index in [2.05, 4.69) is 64.2 Å². The highest BCUT2D eigenvalue weighted by atomic mass is 35.5. The molecule has 0 aliphatic carbocycles. The third-order valence-corrected chi connectivity index (χ3v) is 13.4. The van der Waals surface area contributed by atoms with Gasteiger partial charge in [0.05, 0.1) is 22.7 Å². The van der Waals surface area contributed by atoms with Crippen LogP contribution in [0.5, 0.6) is 5.75 Å². The summed E-state index contributed by atoms with van der Waals surface area (Å²) < 4.78 is 39.2. The van der Waals surface area contributed by atoms with Crippen molar-refractivity contribution in [2.24, 2.45) is 0 Å². The van der Waals surface area contributed by atoms with Crippen LogP contribution in [0.3, 0.4) is 0 Å². The summed E-state index contributed by atoms with van der Waals surface area (Å²) in [7, 11) is -5.78. The third kappa shape index (κ3) is 8.34. The van der Waals surface area contributed by atoms with Gasteiger partial charge in [-0.25, -0.2) is 13.4 Å². The van der Waals surface area contributed by atoms with Gasteiger partial charge in [0.2, 0.25) is 0 Å². The van der Waals surface area contributed by atoms with Gasteiger partial charge in [-0.05, 0) is 54.5 Å². The van der Waals surface area contributed by atoms with E-state index in [9.17, 15) is 18.0 Å². The van der Waals surface area contributed by atoms with Crippen LogP contribution in [0.4, 0.5) is 11.5 Å². The highest BCUT2D eigenvalue weighted by Crippen LogP contribution is 2.36. The van der Waals surface area contributed by atoms with Crippen molar-refractivity contribution >= 4 is 64.2 Å². The topological polar surface area (TPSA) is 164 Å². The minimum absolute atomic E-state index is 0.0119. The van der Waals surface area contributed by atoms with Crippen LogP contribution in [0.2, 0.25) is 23.2 Å². The second-order valence-corrected chi connectivity index (χ2v) is 18.4. The van der Waals surface area contributed by atoms with E-state index in [0.29, 0.717) is 29.7 Å². The molecule has 0 fully saturated rings. The van der Waals surface area contributed by atoms with E-state index in [1.807, 2.05) is 0 Å². The van der Waals surface area contributed by atoms with Crippen LogP contribution >= 0.6 is 11.6 Å². The molecule has 0 unspecified atom stereocenters. The number of sulfonamides is 1. The summed E-state index contributed by atoms with van der Waals surface area (Å²) in [4.78, 5) is 36.0. The molecule has 2 amide bonds. The van der Waals surface area contributed by atoms with Gasteiger partial charge in [-0.3, -0.25) is 19.3 Å². The lowest BCUT2D eigenvalue weighted by Crippen LogP contribution is -2.43. The van der Waals surface area contributed by atoms with E-state index in [0.717, 1.165) is 0 Å². The maximum absolute atomic E-state index is 12.9. The number of carbonyl (C=O) groups is 2. The van der Waals surface area contributed by atoms with Crippen molar-refractivity contribution in [2.45, 2.75) is 43.8 Å². The fourth-order valence-electron chi connectivity index (χ4n) is 3.74. The van der Waals surface area contributed by atoms with Crippen LogP contribution in [0.15, 0.2) is 66.0 Å². The molecule has 12 nitrogen and oxygen atoms in total. The fourth-order valence-corrected chi connectivity index (χ4v) is 6.00. The number of nitrogens with one attached hydrogen (secondary N) is 4. The van der Waals surface area contributed by atoms with Crippen LogP contribution in [-0.2, 0) is 19.2 Å². The SMILES string of the molecule is CC(C)(C)[Si](C)(C)OCCNC(=O)COc1cc2[nH]c(C(=O)Nc3ccc(S(=O)(=O)Nc4cnccn4)cc3)cc2cc1Cl. The Hall–Kier alpha value is -3.98. The van der Waals surface area contributed by atoms with Gasteiger partial charge < -0.3 is 24.8 Å². The Bertz CT molecular complexity index is 1740. The molecule has 44 heavy (non-hydrogen) atoms. The predicted molar refractivity (Wildman–Crippen MR) is 172 cm³/mol. The quantitative estimate of drug-likeness (QED) is 0.119. The fraction of sp³-hybridized carbons (Fsp3) is 0.310. The predicted octanol–water partition coefficient (Wildman–Crippen LogP) is 5.18. The van der Waals surface area contributed by atoms with Crippen LogP contribution in [-0.4, -0.2) is 63.3 Å². The molecule has 0 radical (unpaired) electrons. The van der Waals surface area contributed by atoms with Gasteiger partial charge in [-0.15, -0.1) is 0 Å². The van der Waals surface area contributed by atoms with E-state index in [1.54, 1.807) is 18.2 Å². The van der Waals surface area contributed by atoms with Crippen molar-refractivity contribution < 1.29 is 27.2 Å². The second-order valence-electron chi connectivity index (χ2n) is 11.5. The maximum atomic E-state index is 12.9. The summed E-state index contributed by atoms with van der Waals surface area (Å²) in [5, 5.41) is 6.54. The van der Waals surface area contributed by atoms with Crippen molar-refractivity contribution in [2.75, 3.05) is 29.8 Å². The van der Waals surface area contributed by atoms with E-state index in [4.69, 9.17) is 20.8 Å². The smallest absolute Gasteiger partial charge is 0.272 e. The molecular weight excluding hydrogens is 624 g/mol. The van der Waals surface area contributed by atoms with Gasteiger partial charge in [-0.1, -0.05) is 32.4 Å². The van der Waals surface area contributed by atoms with Crippen molar-refractivity contribution in [1.82, 2.24) is 20.3 Å². The first-order valence-corrected chi connectivity index (χ1v) is 18.5. The Labute approximate surface area is 262 Å². The monoisotopic (exact) mass is 658 g/mol. The van der Waals surface area contributed by atoms with Gasteiger partial charge in [0, 0.05) is 41.6 Å². The zero-order valence-electron chi connectivity index (χ0n) is 25.0. The first kappa shape index (κ1) is 32.9. The number of benzene rings is 2. The number of aromatic nitrogens is 3. The minimum atomic E-state index is -3.89. The summed E-state index contributed by atoms with van der Waals surface area (Å²) >= 11 is 6.38. The van der Waals surface area contributed by atoms with Gasteiger partial charge in [0.25, 0.3) is 21.8 Å².